The number of carbonyl (C=O) groups is 1. The molecule has 0 saturated carbocycles. The van der Waals surface area contributed by atoms with Crippen LogP contribution in [0.2, 0.25) is 5.02 Å². The summed E-state index contributed by atoms with van der Waals surface area (Å²) >= 11 is 5.93. The fourth-order valence-electron chi connectivity index (χ4n) is 3.42. The molecule has 6 nitrogen and oxygen atoms in total. The van der Waals surface area contributed by atoms with Gasteiger partial charge >= 0.3 is 5.97 Å². The van der Waals surface area contributed by atoms with E-state index in [2.05, 4.69) is 77.9 Å². The number of halogens is 1. The Morgan fingerprint density at radius 3 is 1.86 bits per heavy atom. The molecule has 0 amide bonds. The number of nitrogens with two attached hydrogens (primary N) is 1. The fourth-order valence-corrected chi connectivity index (χ4v) is 3.68. The molecule has 36 heavy (non-hydrogen) atoms. The Kier molecular flexibility index (Phi) is 14.3. The van der Waals surface area contributed by atoms with E-state index in [4.69, 9.17) is 22.1 Å². The van der Waals surface area contributed by atoms with Gasteiger partial charge in [0.15, 0.2) is 0 Å². The first-order valence-corrected chi connectivity index (χ1v) is 12.8. The standard InChI is InChI=1S/C16H20N2.C13H19ClN2O2/c1-3-7-15(8-4-1)13-17-11-12-18-14-16-9-5-2-6-10-16;1-3-16(4-2)7-8-18-13(17)11-6-5-10(15)9-12(11)14/h1-10,17-18H,11-14H2;5-6,9H,3-4,7-8,15H2,1-2H3. The molecule has 0 saturated heterocycles. The number of ether oxygens (including phenoxy) is 1. The van der Waals surface area contributed by atoms with E-state index in [1.807, 2.05) is 12.1 Å². The van der Waals surface area contributed by atoms with Crippen molar-refractivity contribution in [1.82, 2.24) is 15.5 Å². The van der Waals surface area contributed by atoms with Gasteiger partial charge in [0, 0.05) is 38.4 Å². The first kappa shape index (κ1) is 29.3. The lowest BCUT2D eigenvalue weighted by Gasteiger charge is -2.17. The molecule has 0 aliphatic rings. The van der Waals surface area contributed by atoms with E-state index in [1.54, 1.807) is 18.2 Å². The van der Waals surface area contributed by atoms with Gasteiger partial charge in [0.25, 0.3) is 0 Å². The van der Waals surface area contributed by atoms with Gasteiger partial charge in [0.2, 0.25) is 0 Å². The van der Waals surface area contributed by atoms with E-state index in [0.717, 1.165) is 45.8 Å². The van der Waals surface area contributed by atoms with Crippen molar-refractivity contribution in [3.8, 4) is 0 Å². The van der Waals surface area contributed by atoms with Gasteiger partial charge in [0.1, 0.15) is 6.61 Å². The number of anilines is 1. The van der Waals surface area contributed by atoms with Crippen molar-refractivity contribution < 1.29 is 9.53 Å². The second-order valence-corrected chi connectivity index (χ2v) is 8.63. The minimum absolute atomic E-state index is 0.322. The van der Waals surface area contributed by atoms with Crippen molar-refractivity contribution in [2.45, 2.75) is 26.9 Å². The number of hydrogen-bond donors (Lipinski definition) is 3. The Bertz CT molecular complexity index is 955. The number of rotatable bonds is 13. The number of nitrogens with zero attached hydrogens (tertiary/aromatic N) is 1. The summed E-state index contributed by atoms with van der Waals surface area (Å²) in [5.74, 6) is -0.410. The maximum absolute atomic E-state index is 11.8. The van der Waals surface area contributed by atoms with Crippen LogP contribution in [0.15, 0.2) is 78.9 Å². The van der Waals surface area contributed by atoms with Crippen LogP contribution in [-0.4, -0.2) is 50.2 Å². The van der Waals surface area contributed by atoms with E-state index in [1.165, 1.54) is 11.1 Å². The van der Waals surface area contributed by atoms with Gasteiger partial charge in [-0.2, -0.15) is 0 Å². The predicted octanol–water partition coefficient (Wildman–Crippen LogP) is 4.99. The van der Waals surface area contributed by atoms with Crippen LogP contribution in [0, 0.1) is 0 Å². The average Bonchev–Trinajstić information content (AvgIpc) is 2.90. The van der Waals surface area contributed by atoms with E-state index >= 15 is 0 Å². The summed E-state index contributed by atoms with van der Waals surface area (Å²) in [5.41, 5.74) is 9.11. The van der Waals surface area contributed by atoms with Crippen molar-refractivity contribution in [3.05, 3.63) is 101 Å². The lowest BCUT2D eigenvalue weighted by Crippen LogP contribution is -2.27. The number of esters is 1. The van der Waals surface area contributed by atoms with E-state index in [9.17, 15) is 4.79 Å². The summed E-state index contributed by atoms with van der Waals surface area (Å²) in [7, 11) is 0. The number of likely N-dealkylation sites (N-methyl/N-ethyl adjacent to an activating group) is 1. The Hall–Kier alpha value is -2.90. The van der Waals surface area contributed by atoms with Gasteiger partial charge in [-0.25, -0.2) is 4.79 Å². The van der Waals surface area contributed by atoms with Gasteiger partial charge in [0.05, 0.1) is 10.6 Å². The SMILES string of the molecule is CCN(CC)CCOC(=O)c1ccc(N)cc1Cl.c1ccc(CNCCNCc2ccccc2)cc1. The number of nitrogens with one attached hydrogen (secondary N) is 2. The van der Waals surface area contributed by atoms with Gasteiger partial charge in [-0.1, -0.05) is 86.1 Å². The third-order valence-electron chi connectivity index (χ3n) is 5.57. The third kappa shape index (κ3) is 11.7. The molecule has 7 heteroatoms. The molecule has 0 spiro atoms. The Balaban J connectivity index is 0.000000254. The molecule has 0 unspecified atom stereocenters. The highest BCUT2D eigenvalue weighted by Gasteiger charge is 2.12. The second kappa shape index (κ2) is 17.5. The molecule has 3 aromatic rings. The van der Waals surface area contributed by atoms with Crippen molar-refractivity contribution in [3.63, 3.8) is 0 Å². The molecule has 0 aliphatic heterocycles. The molecule has 4 N–H and O–H groups in total. The zero-order valence-corrected chi connectivity index (χ0v) is 22.1. The normalized spacial score (nSPS) is 10.6. The van der Waals surface area contributed by atoms with Crippen molar-refractivity contribution >= 4 is 23.3 Å². The lowest BCUT2D eigenvalue weighted by molar-refractivity contribution is 0.0466. The molecule has 0 bridgehead atoms. The quantitative estimate of drug-likeness (QED) is 0.171. The minimum atomic E-state index is -0.410. The Labute approximate surface area is 220 Å². The predicted molar refractivity (Wildman–Crippen MR) is 150 cm³/mol. The molecule has 0 aromatic heterocycles. The van der Waals surface area contributed by atoms with Crippen molar-refractivity contribution in [2.24, 2.45) is 0 Å². The van der Waals surface area contributed by atoms with Crippen LogP contribution >= 0.6 is 11.6 Å². The zero-order chi connectivity index (χ0) is 26.0. The smallest absolute Gasteiger partial charge is 0.339 e. The van der Waals surface area contributed by atoms with Gasteiger partial charge in [-0.05, 0) is 42.4 Å². The van der Waals surface area contributed by atoms with Crippen LogP contribution in [0.3, 0.4) is 0 Å². The monoisotopic (exact) mass is 510 g/mol. The van der Waals surface area contributed by atoms with Crippen LogP contribution in [0.25, 0.3) is 0 Å². The topological polar surface area (TPSA) is 79.6 Å². The van der Waals surface area contributed by atoms with Gasteiger partial charge in [-0.15, -0.1) is 0 Å². The zero-order valence-electron chi connectivity index (χ0n) is 21.4. The number of carbonyl (C=O) groups excluding carboxylic acids is 1. The third-order valence-corrected chi connectivity index (χ3v) is 5.88. The number of nitrogen functional groups attached to an aromatic ring is 1. The van der Waals surface area contributed by atoms with Gasteiger partial charge < -0.3 is 26.0 Å². The summed E-state index contributed by atoms with van der Waals surface area (Å²) in [6.07, 6.45) is 0. The molecular formula is C29H39ClN4O2. The average molecular weight is 511 g/mol. The molecule has 0 atom stereocenters. The summed E-state index contributed by atoms with van der Waals surface area (Å²) in [6.45, 7) is 11.0. The molecule has 3 aromatic carbocycles. The highest BCUT2D eigenvalue weighted by Crippen LogP contribution is 2.19. The molecule has 194 valence electrons. The molecular weight excluding hydrogens is 472 g/mol. The number of hydrogen-bond acceptors (Lipinski definition) is 6. The van der Waals surface area contributed by atoms with Crippen molar-refractivity contribution in [1.29, 1.82) is 0 Å². The van der Waals surface area contributed by atoms with E-state index < -0.39 is 5.97 Å². The number of benzene rings is 3. The second-order valence-electron chi connectivity index (χ2n) is 8.23. The van der Waals surface area contributed by atoms with Crippen LogP contribution < -0.4 is 16.4 Å². The maximum Gasteiger partial charge on any atom is 0.339 e. The molecule has 0 heterocycles. The first-order valence-electron chi connectivity index (χ1n) is 12.5. The van der Waals surface area contributed by atoms with Crippen LogP contribution in [0.1, 0.15) is 35.3 Å². The first-order chi connectivity index (χ1) is 17.5. The summed E-state index contributed by atoms with van der Waals surface area (Å²) in [6, 6.07) is 25.7. The van der Waals surface area contributed by atoms with Crippen LogP contribution in [0.5, 0.6) is 0 Å². The summed E-state index contributed by atoms with van der Waals surface area (Å²) < 4.78 is 5.18. The maximum atomic E-state index is 11.8. The highest BCUT2D eigenvalue weighted by molar-refractivity contribution is 6.33. The summed E-state index contributed by atoms with van der Waals surface area (Å²) in [5, 5.41) is 7.17. The Morgan fingerprint density at radius 1 is 0.861 bits per heavy atom. The molecule has 0 fully saturated rings. The Morgan fingerprint density at radius 2 is 1.39 bits per heavy atom. The van der Waals surface area contributed by atoms with E-state index in [-0.39, 0.29) is 0 Å². The fraction of sp³-hybridized carbons (Fsp3) is 0.345. The van der Waals surface area contributed by atoms with Crippen molar-refractivity contribution in [2.75, 3.05) is 45.1 Å². The van der Waals surface area contributed by atoms with Gasteiger partial charge in [-0.3, -0.25) is 0 Å². The molecule has 3 rings (SSSR count). The molecule has 0 radical (unpaired) electrons. The highest BCUT2D eigenvalue weighted by atomic mass is 35.5. The van der Waals surface area contributed by atoms with Crippen LogP contribution in [0.4, 0.5) is 5.69 Å². The molecule has 0 aliphatic carbocycles. The lowest BCUT2D eigenvalue weighted by atomic mass is 10.2. The van der Waals surface area contributed by atoms with E-state index in [0.29, 0.717) is 22.9 Å². The minimum Gasteiger partial charge on any atom is -0.461 e. The van der Waals surface area contributed by atoms with Crippen LogP contribution in [-0.2, 0) is 17.8 Å². The summed E-state index contributed by atoms with van der Waals surface area (Å²) in [4.78, 5) is 13.9. The largest absolute Gasteiger partial charge is 0.461 e.